The van der Waals surface area contributed by atoms with Gasteiger partial charge in [-0.15, -0.1) is 0 Å². The second-order valence-electron chi connectivity index (χ2n) is 4.30. The van der Waals surface area contributed by atoms with E-state index in [0.717, 1.165) is 10.9 Å². The fourth-order valence-electron chi connectivity index (χ4n) is 2.15. The third-order valence-corrected chi connectivity index (χ3v) is 5.94. The van der Waals surface area contributed by atoms with E-state index in [0.29, 0.717) is 11.5 Å². The Bertz CT molecular complexity index is 501. The Labute approximate surface area is 116 Å². The highest BCUT2D eigenvalue weighted by atomic mass is 79.9. The van der Waals surface area contributed by atoms with Crippen molar-refractivity contribution in [1.82, 2.24) is 5.32 Å². The number of ether oxygens (including phenoxy) is 1. The van der Waals surface area contributed by atoms with Crippen LogP contribution < -0.4 is 5.32 Å². The van der Waals surface area contributed by atoms with Gasteiger partial charge in [0.2, 0.25) is 0 Å². The number of nitrogens with one attached hydrogen (secondary N) is 1. The molecule has 1 fully saturated rings. The SMILES string of the molecule is CNC1CCOCC1S(=O)(=O)c1ccc(Br)cc1. The molecule has 4 nitrogen and oxygen atoms in total. The molecule has 1 aliphatic heterocycles. The van der Waals surface area contributed by atoms with E-state index in [-0.39, 0.29) is 12.6 Å². The highest BCUT2D eigenvalue weighted by Gasteiger charge is 2.36. The van der Waals surface area contributed by atoms with E-state index in [1.54, 1.807) is 31.3 Å². The molecule has 1 N–H and O–H groups in total. The van der Waals surface area contributed by atoms with Crippen LogP contribution in [0.25, 0.3) is 0 Å². The van der Waals surface area contributed by atoms with Gasteiger partial charge in [-0.3, -0.25) is 0 Å². The first-order valence-corrected chi connectivity index (χ1v) is 8.14. The molecule has 0 aromatic heterocycles. The Hall–Kier alpha value is -0.430. The monoisotopic (exact) mass is 333 g/mol. The van der Waals surface area contributed by atoms with Gasteiger partial charge in [-0.05, 0) is 37.7 Å². The lowest BCUT2D eigenvalue weighted by Crippen LogP contribution is -2.49. The largest absolute Gasteiger partial charge is 0.380 e. The molecule has 2 rings (SSSR count). The van der Waals surface area contributed by atoms with Gasteiger partial charge in [-0.1, -0.05) is 15.9 Å². The van der Waals surface area contributed by atoms with Crippen LogP contribution in [0.4, 0.5) is 0 Å². The number of halogens is 1. The number of hydrogen-bond donors (Lipinski definition) is 1. The summed E-state index contributed by atoms with van der Waals surface area (Å²) in [5.74, 6) is 0. The van der Waals surface area contributed by atoms with E-state index < -0.39 is 15.1 Å². The molecule has 1 aliphatic rings. The van der Waals surface area contributed by atoms with E-state index in [9.17, 15) is 8.42 Å². The molecule has 1 aromatic carbocycles. The molecular weight excluding hydrogens is 318 g/mol. The zero-order chi connectivity index (χ0) is 13.2. The maximum atomic E-state index is 12.5. The zero-order valence-electron chi connectivity index (χ0n) is 10.1. The van der Waals surface area contributed by atoms with Crippen molar-refractivity contribution in [2.45, 2.75) is 22.6 Å². The van der Waals surface area contributed by atoms with Crippen molar-refractivity contribution in [1.29, 1.82) is 0 Å². The average Bonchev–Trinajstić information content (AvgIpc) is 2.39. The summed E-state index contributed by atoms with van der Waals surface area (Å²) in [6, 6.07) is 6.68. The van der Waals surface area contributed by atoms with E-state index >= 15 is 0 Å². The average molecular weight is 334 g/mol. The van der Waals surface area contributed by atoms with Crippen molar-refractivity contribution in [3.63, 3.8) is 0 Å². The van der Waals surface area contributed by atoms with E-state index in [2.05, 4.69) is 21.2 Å². The molecule has 6 heteroatoms. The summed E-state index contributed by atoms with van der Waals surface area (Å²) in [5.41, 5.74) is 0. The molecule has 0 amide bonds. The van der Waals surface area contributed by atoms with Crippen LogP contribution in [-0.2, 0) is 14.6 Å². The third kappa shape index (κ3) is 2.77. The Morgan fingerprint density at radius 3 is 2.61 bits per heavy atom. The maximum absolute atomic E-state index is 12.5. The van der Waals surface area contributed by atoms with Gasteiger partial charge in [0, 0.05) is 17.1 Å². The van der Waals surface area contributed by atoms with Crippen LogP contribution >= 0.6 is 15.9 Å². The van der Waals surface area contributed by atoms with Crippen LogP contribution in [-0.4, -0.2) is 40.0 Å². The summed E-state index contributed by atoms with van der Waals surface area (Å²) < 4.78 is 31.2. The molecule has 0 saturated carbocycles. The molecule has 0 bridgehead atoms. The molecule has 0 aliphatic carbocycles. The van der Waals surface area contributed by atoms with Crippen LogP contribution in [0.5, 0.6) is 0 Å². The highest BCUT2D eigenvalue weighted by Crippen LogP contribution is 2.24. The Kier molecular flexibility index (Phi) is 4.42. The molecule has 1 saturated heterocycles. The normalized spacial score (nSPS) is 25.0. The minimum atomic E-state index is -3.35. The van der Waals surface area contributed by atoms with Gasteiger partial charge < -0.3 is 10.1 Å². The highest BCUT2D eigenvalue weighted by molar-refractivity contribution is 9.10. The molecule has 0 radical (unpaired) electrons. The number of rotatable bonds is 3. The topological polar surface area (TPSA) is 55.4 Å². The quantitative estimate of drug-likeness (QED) is 0.912. The van der Waals surface area contributed by atoms with Crippen LogP contribution in [0.3, 0.4) is 0 Å². The lowest BCUT2D eigenvalue weighted by Gasteiger charge is -2.30. The van der Waals surface area contributed by atoms with Gasteiger partial charge in [0.15, 0.2) is 9.84 Å². The first-order chi connectivity index (χ1) is 8.55. The van der Waals surface area contributed by atoms with Gasteiger partial charge in [-0.25, -0.2) is 8.42 Å². The third-order valence-electron chi connectivity index (χ3n) is 3.22. The number of sulfone groups is 1. The maximum Gasteiger partial charge on any atom is 0.185 e. The predicted octanol–water partition coefficient (Wildman–Crippen LogP) is 1.60. The van der Waals surface area contributed by atoms with Crippen LogP contribution in [0, 0.1) is 0 Å². The fourth-order valence-corrected chi connectivity index (χ4v) is 4.26. The minimum Gasteiger partial charge on any atom is -0.380 e. The first kappa shape index (κ1) is 14.0. The molecule has 1 aromatic rings. The molecule has 1 heterocycles. The molecular formula is C12H16BrNO3S. The second kappa shape index (κ2) is 5.69. The summed E-state index contributed by atoms with van der Waals surface area (Å²) in [7, 11) is -1.56. The Balaban J connectivity index is 2.32. The Morgan fingerprint density at radius 1 is 1.33 bits per heavy atom. The zero-order valence-corrected chi connectivity index (χ0v) is 12.5. The molecule has 0 spiro atoms. The number of benzene rings is 1. The van der Waals surface area contributed by atoms with Crippen molar-refractivity contribution in [3.05, 3.63) is 28.7 Å². The van der Waals surface area contributed by atoms with Crippen molar-refractivity contribution >= 4 is 25.8 Å². The standard InChI is InChI=1S/C12H16BrNO3S/c1-14-11-6-7-17-8-12(11)18(15,16)10-4-2-9(13)3-5-10/h2-5,11-12,14H,6-8H2,1H3. The molecule has 18 heavy (non-hydrogen) atoms. The van der Waals surface area contributed by atoms with Gasteiger partial charge in [0.25, 0.3) is 0 Å². The van der Waals surface area contributed by atoms with E-state index in [1.165, 1.54) is 0 Å². The van der Waals surface area contributed by atoms with Gasteiger partial charge in [0.05, 0.1) is 11.5 Å². The van der Waals surface area contributed by atoms with Crippen molar-refractivity contribution in [2.75, 3.05) is 20.3 Å². The van der Waals surface area contributed by atoms with E-state index in [4.69, 9.17) is 4.74 Å². The Morgan fingerprint density at radius 2 is 2.00 bits per heavy atom. The molecule has 2 atom stereocenters. The smallest absolute Gasteiger partial charge is 0.185 e. The molecule has 2 unspecified atom stereocenters. The summed E-state index contributed by atoms with van der Waals surface area (Å²) in [6.07, 6.45) is 0.719. The van der Waals surface area contributed by atoms with E-state index in [1.807, 2.05) is 0 Å². The van der Waals surface area contributed by atoms with Gasteiger partial charge in [-0.2, -0.15) is 0 Å². The van der Waals surface area contributed by atoms with Crippen molar-refractivity contribution in [3.8, 4) is 0 Å². The first-order valence-electron chi connectivity index (χ1n) is 5.80. The predicted molar refractivity (Wildman–Crippen MR) is 73.4 cm³/mol. The van der Waals surface area contributed by atoms with Crippen LogP contribution in [0.1, 0.15) is 6.42 Å². The molecule has 100 valence electrons. The van der Waals surface area contributed by atoms with Crippen molar-refractivity contribution in [2.24, 2.45) is 0 Å². The van der Waals surface area contributed by atoms with Crippen molar-refractivity contribution < 1.29 is 13.2 Å². The second-order valence-corrected chi connectivity index (χ2v) is 7.38. The lowest BCUT2D eigenvalue weighted by atomic mass is 10.1. The van der Waals surface area contributed by atoms with Gasteiger partial charge in [0.1, 0.15) is 5.25 Å². The lowest BCUT2D eigenvalue weighted by molar-refractivity contribution is 0.0825. The summed E-state index contributed by atoms with van der Waals surface area (Å²) >= 11 is 3.30. The summed E-state index contributed by atoms with van der Waals surface area (Å²) in [4.78, 5) is 0.349. The number of hydrogen-bond acceptors (Lipinski definition) is 4. The summed E-state index contributed by atoms with van der Waals surface area (Å²) in [6.45, 7) is 0.863. The fraction of sp³-hybridized carbons (Fsp3) is 0.500. The van der Waals surface area contributed by atoms with Crippen LogP contribution in [0.15, 0.2) is 33.6 Å². The summed E-state index contributed by atoms with van der Waals surface area (Å²) in [5, 5.41) is 2.56. The van der Waals surface area contributed by atoms with Gasteiger partial charge >= 0.3 is 0 Å². The minimum absolute atomic E-state index is 0.0487. The van der Waals surface area contributed by atoms with Crippen LogP contribution in [0.2, 0.25) is 0 Å².